The molecule has 1 rings (SSSR count). The summed E-state index contributed by atoms with van der Waals surface area (Å²) in [5.41, 5.74) is 0.450. The van der Waals surface area contributed by atoms with Crippen LogP contribution >= 0.6 is 0 Å². The number of amides is 2. The first-order chi connectivity index (χ1) is 8.06. The van der Waals surface area contributed by atoms with E-state index in [0.29, 0.717) is 12.2 Å². The van der Waals surface area contributed by atoms with Gasteiger partial charge in [0.2, 0.25) is 0 Å². The van der Waals surface area contributed by atoms with Crippen LogP contribution in [0.3, 0.4) is 0 Å². The first-order valence-electron chi connectivity index (χ1n) is 5.00. The lowest BCUT2D eigenvalue weighted by atomic mass is 10.3. The highest BCUT2D eigenvalue weighted by atomic mass is 16.4. The van der Waals surface area contributed by atoms with Crippen LogP contribution in [0.1, 0.15) is 6.92 Å². The van der Waals surface area contributed by atoms with Gasteiger partial charge in [-0.1, -0.05) is 0 Å². The molecule has 0 saturated heterocycles. The molecule has 2 amide bonds. The van der Waals surface area contributed by atoms with Crippen molar-refractivity contribution in [3.05, 3.63) is 12.4 Å². The molecule has 8 nitrogen and oxygen atoms in total. The summed E-state index contributed by atoms with van der Waals surface area (Å²) in [6, 6.07) is -2.03. The molecule has 1 aromatic rings. The molecule has 0 fully saturated rings. The van der Waals surface area contributed by atoms with Crippen molar-refractivity contribution >= 4 is 17.7 Å². The number of aliphatic hydroxyl groups is 1. The molecule has 8 heteroatoms. The maximum Gasteiger partial charge on any atom is 0.328 e. The number of carboxylic acids is 1. The number of carbonyl (C=O) groups is 2. The van der Waals surface area contributed by atoms with Crippen LogP contribution in [0.4, 0.5) is 10.5 Å². The molecular weight excluding hydrogens is 228 g/mol. The van der Waals surface area contributed by atoms with Crippen molar-refractivity contribution in [2.45, 2.75) is 19.5 Å². The number of aliphatic hydroxyl groups excluding tert-OH is 1. The first-order valence-corrected chi connectivity index (χ1v) is 5.00. The van der Waals surface area contributed by atoms with Gasteiger partial charge >= 0.3 is 12.0 Å². The van der Waals surface area contributed by atoms with E-state index in [-0.39, 0.29) is 0 Å². The summed E-state index contributed by atoms with van der Waals surface area (Å²) < 4.78 is 1.61. The van der Waals surface area contributed by atoms with Crippen LogP contribution in [0.25, 0.3) is 0 Å². The molecule has 0 aromatic carbocycles. The van der Waals surface area contributed by atoms with Gasteiger partial charge in [0.05, 0.1) is 18.5 Å². The van der Waals surface area contributed by atoms with Gasteiger partial charge in [0.1, 0.15) is 0 Å². The average molecular weight is 242 g/mol. The molecular formula is C9H14N4O4. The molecule has 0 spiro atoms. The fraction of sp³-hybridized carbons (Fsp3) is 0.444. The topological polar surface area (TPSA) is 116 Å². The molecule has 4 N–H and O–H groups in total. The molecule has 0 aliphatic heterocycles. The van der Waals surface area contributed by atoms with Crippen LogP contribution in [0.15, 0.2) is 12.4 Å². The van der Waals surface area contributed by atoms with Gasteiger partial charge in [-0.3, -0.25) is 4.68 Å². The van der Waals surface area contributed by atoms with Crippen LogP contribution in [-0.2, 0) is 11.3 Å². The third-order valence-corrected chi connectivity index (χ3v) is 2.00. The van der Waals surface area contributed by atoms with E-state index >= 15 is 0 Å². The molecule has 0 unspecified atom stereocenters. The Hall–Kier alpha value is -2.09. The maximum atomic E-state index is 11.4. The fourth-order valence-corrected chi connectivity index (χ4v) is 1.11. The van der Waals surface area contributed by atoms with Gasteiger partial charge in [0, 0.05) is 12.7 Å². The maximum absolute atomic E-state index is 11.4. The van der Waals surface area contributed by atoms with Gasteiger partial charge < -0.3 is 20.8 Å². The number of hydrogen-bond acceptors (Lipinski definition) is 4. The smallest absolute Gasteiger partial charge is 0.328 e. The lowest BCUT2D eigenvalue weighted by Gasteiger charge is -2.11. The van der Waals surface area contributed by atoms with Gasteiger partial charge in [-0.25, -0.2) is 9.59 Å². The minimum absolute atomic E-state index is 0.450. The van der Waals surface area contributed by atoms with E-state index in [4.69, 9.17) is 10.2 Å². The van der Waals surface area contributed by atoms with Crippen LogP contribution in [-0.4, -0.2) is 44.6 Å². The number of hydrogen-bond donors (Lipinski definition) is 4. The Kier molecular flexibility index (Phi) is 4.46. The van der Waals surface area contributed by atoms with Crippen molar-refractivity contribution in [1.29, 1.82) is 0 Å². The van der Waals surface area contributed by atoms with Gasteiger partial charge in [-0.2, -0.15) is 5.10 Å². The highest BCUT2D eigenvalue weighted by Crippen LogP contribution is 2.04. The second kappa shape index (κ2) is 5.85. The number of aryl methyl sites for hydroxylation is 1. The Bertz CT molecular complexity index is 403. The number of urea groups is 1. The van der Waals surface area contributed by atoms with Gasteiger partial charge in [0.15, 0.2) is 6.04 Å². The molecule has 0 saturated carbocycles. The Morgan fingerprint density at radius 3 is 2.76 bits per heavy atom. The monoisotopic (exact) mass is 242 g/mol. The Balaban J connectivity index is 2.51. The highest BCUT2D eigenvalue weighted by Gasteiger charge is 2.18. The van der Waals surface area contributed by atoms with Crippen LogP contribution < -0.4 is 10.6 Å². The number of nitrogens with one attached hydrogen (secondary N) is 2. The van der Waals surface area contributed by atoms with Gasteiger partial charge in [0.25, 0.3) is 0 Å². The SMILES string of the molecule is CCn1cc(NC(=O)N[C@H](CO)C(=O)O)cn1. The van der Waals surface area contributed by atoms with Crippen LogP contribution in [0.5, 0.6) is 0 Å². The third-order valence-electron chi connectivity index (χ3n) is 2.00. The van der Waals surface area contributed by atoms with Crippen molar-refractivity contribution in [3.8, 4) is 0 Å². The van der Waals surface area contributed by atoms with Crippen molar-refractivity contribution in [2.24, 2.45) is 0 Å². The normalized spacial score (nSPS) is 11.9. The van der Waals surface area contributed by atoms with Crippen molar-refractivity contribution < 1.29 is 19.8 Å². The van der Waals surface area contributed by atoms with Crippen molar-refractivity contribution in [3.63, 3.8) is 0 Å². The predicted octanol–water partition coefficient (Wildman–Crippen LogP) is -0.530. The first kappa shape index (κ1) is 13.0. The quantitative estimate of drug-likeness (QED) is 0.554. The van der Waals surface area contributed by atoms with Crippen molar-refractivity contribution in [1.82, 2.24) is 15.1 Å². The lowest BCUT2D eigenvalue weighted by molar-refractivity contribution is -0.140. The van der Waals surface area contributed by atoms with E-state index in [1.54, 1.807) is 10.9 Å². The van der Waals surface area contributed by atoms with E-state index in [2.05, 4.69) is 15.7 Å². The number of aliphatic carboxylic acids is 1. The van der Waals surface area contributed by atoms with E-state index in [9.17, 15) is 9.59 Å². The molecule has 0 radical (unpaired) electrons. The third kappa shape index (κ3) is 3.76. The summed E-state index contributed by atoms with van der Waals surface area (Å²) in [7, 11) is 0. The van der Waals surface area contributed by atoms with Crippen molar-refractivity contribution in [2.75, 3.05) is 11.9 Å². The fourth-order valence-electron chi connectivity index (χ4n) is 1.11. The zero-order chi connectivity index (χ0) is 12.8. The van der Waals surface area contributed by atoms with Crippen LogP contribution in [0.2, 0.25) is 0 Å². The number of carboxylic acid groups (broad SMARTS) is 1. The standard InChI is InChI=1S/C9H14N4O4/c1-2-13-4-6(3-10-13)11-9(17)12-7(5-14)8(15)16/h3-4,7,14H,2,5H2,1H3,(H,15,16)(H2,11,12,17)/t7-/m1/s1. The largest absolute Gasteiger partial charge is 0.480 e. The summed E-state index contributed by atoms with van der Waals surface area (Å²) in [5, 5.41) is 25.8. The Morgan fingerprint density at radius 2 is 2.29 bits per heavy atom. The summed E-state index contributed by atoms with van der Waals surface area (Å²) in [4.78, 5) is 21.9. The molecule has 1 aromatic heterocycles. The van der Waals surface area contributed by atoms with E-state index in [1.807, 2.05) is 6.92 Å². The van der Waals surface area contributed by atoms with Crippen LogP contribution in [0, 0.1) is 0 Å². The number of aromatic nitrogens is 2. The number of anilines is 1. The summed E-state index contributed by atoms with van der Waals surface area (Å²) >= 11 is 0. The second-order valence-corrected chi connectivity index (χ2v) is 3.26. The molecule has 17 heavy (non-hydrogen) atoms. The zero-order valence-corrected chi connectivity index (χ0v) is 9.25. The van der Waals surface area contributed by atoms with E-state index in [0.717, 1.165) is 0 Å². The summed E-state index contributed by atoms with van der Waals surface area (Å²) in [5.74, 6) is -1.30. The number of rotatable bonds is 5. The minimum atomic E-state index is -1.32. The molecule has 0 bridgehead atoms. The minimum Gasteiger partial charge on any atom is -0.480 e. The second-order valence-electron chi connectivity index (χ2n) is 3.26. The Labute approximate surface area is 97.2 Å². The zero-order valence-electron chi connectivity index (χ0n) is 9.25. The molecule has 1 atom stereocenters. The van der Waals surface area contributed by atoms with Gasteiger partial charge in [-0.15, -0.1) is 0 Å². The molecule has 94 valence electrons. The van der Waals surface area contributed by atoms with Gasteiger partial charge in [-0.05, 0) is 6.92 Å². The average Bonchev–Trinajstić information content (AvgIpc) is 2.73. The predicted molar refractivity (Wildman–Crippen MR) is 58.6 cm³/mol. The number of carbonyl (C=O) groups excluding carboxylic acids is 1. The molecule has 1 heterocycles. The molecule has 0 aliphatic rings. The highest BCUT2D eigenvalue weighted by molar-refractivity contribution is 5.92. The van der Waals surface area contributed by atoms with E-state index < -0.39 is 24.6 Å². The Morgan fingerprint density at radius 1 is 1.59 bits per heavy atom. The molecule has 0 aliphatic carbocycles. The lowest BCUT2D eigenvalue weighted by Crippen LogP contribution is -2.45. The number of nitrogens with zero attached hydrogens (tertiary/aromatic N) is 2. The summed E-state index contributed by atoms with van der Waals surface area (Å²) in [6.45, 7) is 1.89. The van der Waals surface area contributed by atoms with E-state index in [1.165, 1.54) is 6.20 Å². The summed E-state index contributed by atoms with van der Waals surface area (Å²) in [6.07, 6.45) is 3.05.